The molecule has 0 heterocycles. The van der Waals surface area contributed by atoms with Crippen LogP contribution in [0.2, 0.25) is 0 Å². The number of carbonyl (C=O) groups excluding carboxylic acids is 1. The molecule has 0 aliphatic carbocycles. The number of halogens is 2. The van der Waals surface area contributed by atoms with Gasteiger partial charge in [-0.05, 0) is 0 Å². The smallest absolute Gasteiger partial charge is 1.00 e. The van der Waals surface area contributed by atoms with Gasteiger partial charge in [0.2, 0.25) is 0 Å². The SMILES string of the molecule is O.O=CC(O)C(O)C(O)C(O)CO.[Ca+2].[Cl-].[Cl-]. The van der Waals surface area contributed by atoms with Crippen LogP contribution in [0.25, 0.3) is 0 Å². The Kier molecular flexibility index (Phi) is 30.9. The molecule has 4 atom stereocenters. The number of aldehydes is 1. The van der Waals surface area contributed by atoms with Gasteiger partial charge in [0.25, 0.3) is 0 Å². The van der Waals surface area contributed by atoms with Gasteiger partial charge in [-0.15, -0.1) is 0 Å². The van der Waals surface area contributed by atoms with Gasteiger partial charge in [-0.1, -0.05) is 0 Å². The number of rotatable bonds is 5. The topological polar surface area (TPSA) is 150 Å². The fourth-order valence-electron chi connectivity index (χ4n) is 0.618. The monoisotopic (exact) mass is 308 g/mol. The molecule has 0 aliphatic heterocycles. The van der Waals surface area contributed by atoms with E-state index in [1.54, 1.807) is 0 Å². The quantitative estimate of drug-likeness (QED) is 0.251. The van der Waals surface area contributed by atoms with Crippen LogP contribution in [0, 0.1) is 0 Å². The van der Waals surface area contributed by atoms with Crippen molar-refractivity contribution in [2.24, 2.45) is 0 Å². The standard InChI is InChI=1S/C6H12O6.Ca.2ClH.H2O/c7-1-3(9)5(11)6(12)4(10)2-8;;;;/h1,3-6,8-12H,2H2;;2*1H;1H2/q;+2;;;/p-2. The van der Waals surface area contributed by atoms with Crippen molar-refractivity contribution in [2.75, 3.05) is 6.61 Å². The Labute approximate surface area is 135 Å². The van der Waals surface area contributed by atoms with E-state index in [1.165, 1.54) is 0 Å². The third-order valence-corrected chi connectivity index (χ3v) is 1.42. The fourth-order valence-corrected chi connectivity index (χ4v) is 0.618. The zero-order valence-corrected chi connectivity index (χ0v) is 11.9. The van der Waals surface area contributed by atoms with Crippen LogP contribution in [-0.2, 0) is 4.79 Å². The van der Waals surface area contributed by atoms with E-state index >= 15 is 0 Å². The van der Waals surface area contributed by atoms with Crippen molar-refractivity contribution in [1.82, 2.24) is 0 Å². The van der Waals surface area contributed by atoms with Gasteiger partial charge in [-0.25, -0.2) is 0 Å². The number of carbonyl (C=O) groups is 1. The summed E-state index contributed by atoms with van der Waals surface area (Å²) >= 11 is 0. The van der Waals surface area contributed by atoms with Gasteiger partial charge >= 0.3 is 37.7 Å². The van der Waals surface area contributed by atoms with Crippen molar-refractivity contribution in [3.8, 4) is 0 Å². The summed E-state index contributed by atoms with van der Waals surface area (Å²) in [5.41, 5.74) is 0. The largest absolute Gasteiger partial charge is 2.00 e. The molecule has 0 aromatic carbocycles. The second-order valence-electron chi connectivity index (χ2n) is 2.36. The Bertz CT molecular complexity index is 153. The van der Waals surface area contributed by atoms with Crippen molar-refractivity contribution < 1.29 is 60.6 Å². The summed E-state index contributed by atoms with van der Waals surface area (Å²) in [6.45, 7) is -0.760. The van der Waals surface area contributed by atoms with E-state index < -0.39 is 31.0 Å². The van der Waals surface area contributed by atoms with Crippen LogP contribution < -0.4 is 24.8 Å². The van der Waals surface area contributed by atoms with Crippen LogP contribution in [0.15, 0.2) is 0 Å². The van der Waals surface area contributed by atoms with Crippen molar-refractivity contribution in [3.63, 3.8) is 0 Å². The van der Waals surface area contributed by atoms with E-state index in [0.717, 1.165) is 0 Å². The minimum Gasteiger partial charge on any atom is -1.00 e. The van der Waals surface area contributed by atoms with Gasteiger partial charge in [0.15, 0.2) is 6.29 Å². The minimum atomic E-state index is -1.79. The molecule has 4 unspecified atom stereocenters. The molecule has 0 radical (unpaired) electrons. The summed E-state index contributed by atoms with van der Waals surface area (Å²) in [6.07, 6.45) is -6.84. The molecule has 0 bridgehead atoms. The van der Waals surface area contributed by atoms with E-state index in [-0.39, 0.29) is 74.3 Å². The summed E-state index contributed by atoms with van der Waals surface area (Å²) in [7, 11) is 0. The fraction of sp³-hybridized carbons (Fsp3) is 0.833. The Morgan fingerprint density at radius 2 is 1.38 bits per heavy atom. The average molecular weight is 309 g/mol. The molecule has 10 heteroatoms. The summed E-state index contributed by atoms with van der Waals surface area (Å²) in [5, 5.41) is 43.5. The number of hydrogen-bond donors (Lipinski definition) is 5. The second kappa shape index (κ2) is 16.3. The molecule has 0 saturated heterocycles. The maximum Gasteiger partial charge on any atom is 2.00 e. The molecule has 0 rings (SSSR count). The molecule has 0 aromatic rings. The molecular formula is C6H14CaCl2O7. The third kappa shape index (κ3) is 10.4. The van der Waals surface area contributed by atoms with Crippen LogP contribution >= 0.6 is 0 Å². The number of aliphatic hydroxyl groups is 5. The van der Waals surface area contributed by atoms with Gasteiger partial charge in [0.05, 0.1) is 6.61 Å². The third-order valence-electron chi connectivity index (χ3n) is 1.42. The van der Waals surface area contributed by atoms with Crippen LogP contribution in [0.1, 0.15) is 0 Å². The van der Waals surface area contributed by atoms with Crippen molar-refractivity contribution >= 4 is 44.0 Å². The number of hydrogen-bond acceptors (Lipinski definition) is 6. The van der Waals surface area contributed by atoms with Gasteiger partial charge in [0, 0.05) is 0 Å². The molecule has 0 saturated carbocycles. The summed E-state index contributed by atoms with van der Waals surface area (Å²) in [6, 6.07) is 0. The first kappa shape index (κ1) is 30.4. The molecular weight excluding hydrogens is 295 g/mol. The molecule has 0 fully saturated rings. The van der Waals surface area contributed by atoms with E-state index in [0.29, 0.717) is 0 Å². The Morgan fingerprint density at radius 3 is 1.62 bits per heavy atom. The zero-order chi connectivity index (χ0) is 9.72. The molecule has 0 aromatic heterocycles. The second-order valence-corrected chi connectivity index (χ2v) is 2.36. The number of aliphatic hydroxyl groups excluding tert-OH is 5. The van der Waals surface area contributed by atoms with Crippen molar-refractivity contribution in [2.45, 2.75) is 24.4 Å². The first-order valence-corrected chi connectivity index (χ1v) is 3.33. The van der Waals surface area contributed by atoms with Crippen LogP contribution in [0.3, 0.4) is 0 Å². The average Bonchev–Trinajstić information content (AvgIpc) is 2.12. The van der Waals surface area contributed by atoms with Crippen LogP contribution in [-0.4, -0.2) is 106 Å². The summed E-state index contributed by atoms with van der Waals surface area (Å²) in [5.74, 6) is 0. The summed E-state index contributed by atoms with van der Waals surface area (Å²) in [4.78, 5) is 9.90. The molecule has 0 spiro atoms. The van der Waals surface area contributed by atoms with Gasteiger partial charge in [0.1, 0.15) is 24.4 Å². The molecule has 0 aliphatic rings. The first-order valence-electron chi connectivity index (χ1n) is 3.33. The van der Waals surface area contributed by atoms with Gasteiger partial charge in [-0.3, -0.25) is 0 Å². The maximum atomic E-state index is 9.90. The van der Waals surface area contributed by atoms with E-state index in [2.05, 4.69) is 0 Å². The van der Waals surface area contributed by atoms with Gasteiger partial charge in [-0.2, -0.15) is 0 Å². The first-order chi connectivity index (χ1) is 5.54. The minimum absolute atomic E-state index is 0. The van der Waals surface area contributed by atoms with E-state index in [1.807, 2.05) is 0 Å². The predicted molar refractivity (Wildman–Crippen MR) is 46.5 cm³/mol. The predicted octanol–water partition coefficient (Wildman–Crippen LogP) is -10.6. The van der Waals surface area contributed by atoms with Crippen LogP contribution in [0.4, 0.5) is 0 Å². The Hall–Kier alpha value is 1.27. The van der Waals surface area contributed by atoms with Gasteiger partial charge < -0.3 is 60.6 Å². The summed E-state index contributed by atoms with van der Waals surface area (Å²) < 4.78 is 0. The van der Waals surface area contributed by atoms with E-state index in [4.69, 9.17) is 25.5 Å². The Balaban J connectivity index is -0.000000101. The normalized spacial score (nSPS) is 15.8. The van der Waals surface area contributed by atoms with Crippen LogP contribution in [0.5, 0.6) is 0 Å². The molecule has 7 N–H and O–H groups in total. The van der Waals surface area contributed by atoms with Crippen molar-refractivity contribution in [1.29, 1.82) is 0 Å². The van der Waals surface area contributed by atoms with E-state index in [9.17, 15) is 4.79 Å². The van der Waals surface area contributed by atoms with Crippen molar-refractivity contribution in [3.05, 3.63) is 0 Å². The molecule has 7 nitrogen and oxygen atoms in total. The molecule has 0 amide bonds. The molecule has 16 heavy (non-hydrogen) atoms. The molecule has 96 valence electrons. The maximum absolute atomic E-state index is 9.90. The zero-order valence-electron chi connectivity index (χ0n) is 8.20. The Morgan fingerprint density at radius 1 is 1.00 bits per heavy atom.